The summed E-state index contributed by atoms with van der Waals surface area (Å²) in [5, 5.41) is 6.69. The van der Waals surface area contributed by atoms with Crippen LogP contribution in [0.4, 0.5) is 0 Å². The Labute approximate surface area is 155 Å². The van der Waals surface area contributed by atoms with Gasteiger partial charge in [0.2, 0.25) is 0 Å². The van der Waals surface area contributed by atoms with Gasteiger partial charge in [-0.05, 0) is 37.5 Å². The minimum absolute atomic E-state index is 0. The molecule has 0 atom stereocenters. The van der Waals surface area contributed by atoms with Gasteiger partial charge in [-0.15, -0.1) is 24.0 Å². The van der Waals surface area contributed by atoms with E-state index in [1.165, 1.54) is 11.1 Å². The van der Waals surface area contributed by atoms with Gasteiger partial charge in [-0.1, -0.05) is 31.2 Å². The van der Waals surface area contributed by atoms with Crippen molar-refractivity contribution in [3.05, 3.63) is 58.5 Å². The van der Waals surface area contributed by atoms with Gasteiger partial charge in [-0.2, -0.15) is 0 Å². The molecule has 23 heavy (non-hydrogen) atoms. The number of guanidine groups is 1. The fraction of sp³-hybridized carbons (Fsp3) is 0.389. The van der Waals surface area contributed by atoms with E-state index < -0.39 is 0 Å². The molecule has 2 aromatic rings. The van der Waals surface area contributed by atoms with Crippen molar-refractivity contribution in [2.24, 2.45) is 4.99 Å². The van der Waals surface area contributed by atoms with Crippen LogP contribution in [0, 0.1) is 13.8 Å². The Morgan fingerprint density at radius 1 is 1.04 bits per heavy atom. The maximum atomic E-state index is 5.54. The van der Waals surface area contributed by atoms with Gasteiger partial charge in [0.05, 0.1) is 0 Å². The lowest BCUT2D eigenvalue weighted by atomic mass is 10.1. The van der Waals surface area contributed by atoms with Gasteiger partial charge in [0.25, 0.3) is 0 Å². The maximum absolute atomic E-state index is 5.54. The molecule has 2 N–H and O–H groups in total. The standard InChI is InChI=1S/C18H25N3O.HI/c1-5-15-8-6-7-9-16(15)11-20-18(19-4)21-12-17-10-13(2)22-14(17)3;/h6-10H,5,11-12H2,1-4H3,(H2,19,20,21);1H. The molecule has 0 aliphatic heterocycles. The lowest BCUT2D eigenvalue weighted by Gasteiger charge is -2.13. The smallest absolute Gasteiger partial charge is 0.191 e. The quantitative estimate of drug-likeness (QED) is 0.432. The number of furan rings is 1. The molecule has 0 saturated heterocycles. The van der Waals surface area contributed by atoms with E-state index in [0.29, 0.717) is 6.54 Å². The van der Waals surface area contributed by atoms with Crippen LogP contribution in [0.15, 0.2) is 39.7 Å². The van der Waals surface area contributed by atoms with E-state index in [0.717, 1.165) is 36.0 Å². The Balaban J connectivity index is 0.00000264. The summed E-state index contributed by atoms with van der Waals surface area (Å²) >= 11 is 0. The highest BCUT2D eigenvalue weighted by Crippen LogP contribution is 2.13. The van der Waals surface area contributed by atoms with Gasteiger partial charge >= 0.3 is 0 Å². The first-order chi connectivity index (χ1) is 10.6. The summed E-state index contributed by atoms with van der Waals surface area (Å²) in [6.07, 6.45) is 1.04. The summed E-state index contributed by atoms with van der Waals surface area (Å²) in [6, 6.07) is 10.5. The molecule has 0 amide bonds. The van der Waals surface area contributed by atoms with Crippen LogP contribution in [-0.2, 0) is 19.5 Å². The summed E-state index contributed by atoms with van der Waals surface area (Å²) < 4.78 is 5.54. The van der Waals surface area contributed by atoms with Gasteiger partial charge in [-0.25, -0.2) is 0 Å². The number of halogens is 1. The predicted molar refractivity (Wildman–Crippen MR) is 106 cm³/mol. The number of aliphatic imine (C=N–C) groups is 1. The molecule has 0 aliphatic rings. The summed E-state index contributed by atoms with van der Waals surface area (Å²) in [7, 11) is 1.79. The Bertz CT molecular complexity index is 649. The fourth-order valence-corrected chi connectivity index (χ4v) is 2.51. The lowest BCUT2D eigenvalue weighted by molar-refractivity contribution is 0.500. The average Bonchev–Trinajstić information content (AvgIpc) is 2.85. The number of nitrogens with one attached hydrogen (secondary N) is 2. The number of hydrogen-bond acceptors (Lipinski definition) is 2. The van der Waals surface area contributed by atoms with Crippen LogP contribution in [0.5, 0.6) is 0 Å². The van der Waals surface area contributed by atoms with Crippen LogP contribution in [-0.4, -0.2) is 13.0 Å². The van der Waals surface area contributed by atoms with E-state index in [2.05, 4.69) is 52.9 Å². The fourth-order valence-electron chi connectivity index (χ4n) is 2.51. The van der Waals surface area contributed by atoms with Gasteiger partial charge < -0.3 is 15.1 Å². The Morgan fingerprint density at radius 2 is 1.65 bits per heavy atom. The predicted octanol–water partition coefficient (Wildman–Crippen LogP) is 3.94. The van der Waals surface area contributed by atoms with E-state index in [4.69, 9.17) is 4.42 Å². The third-order valence-corrected chi connectivity index (χ3v) is 3.76. The number of benzene rings is 1. The molecule has 1 heterocycles. The molecular weight excluding hydrogens is 401 g/mol. The molecule has 1 aromatic heterocycles. The maximum Gasteiger partial charge on any atom is 0.191 e. The Kier molecular flexibility index (Phi) is 8.16. The van der Waals surface area contributed by atoms with Crippen molar-refractivity contribution in [1.82, 2.24) is 10.6 Å². The highest BCUT2D eigenvalue weighted by molar-refractivity contribution is 14.0. The van der Waals surface area contributed by atoms with Crippen LogP contribution >= 0.6 is 24.0 Å². The second-order valence-corrected chi connectivity index (χ2v) is 5.34. The van der Waals surface area contributed by atoms with E-state index in [9.17, 15) is 0 Å². The van der Waals surface area contributed by atoms with Crippen molar-refractivity contribution in [2.75, 3.05) is 7.05 Å². The van der Waals surface area contributed by atoms with Crippen molar-refractivity contribution in [1.29, 1.82) is 0 Å². The molecular formula is C18H26IN3O. The van der Waals surface area contributed by atoms with Crippen LogP contribution in [0.2, 0.25) is 0 Å². The monoisotopic (exact) mass is 427 g/mol. The molecule has 126 valence electrons. The second kappa shape index (κ2) is 9.60. The van der Waals surface area contributed by atoms with E-state index >= 15 is 0 Å². The molecule has 0 radical (unpaired) electrons. The zero-order valence-corrected chi connectivity index (χ0v) is 16.6. The molecule has 0 unspecified atom stereocenters. The lowest BCUT2D eigenvalue weighted by Crippen LogP contribution is -2.36. The van der Waals surface area contributed by atoms with Crippen molar-refractivity contribution in [3.8, 4) is 0 Å². The van der Waals surface area contributed by atoms with E-state index in [1.807, 2.05) is 13.8 Å². The topological polar surface area (TPSA) is 49.6 Å². The molecule has 1 aromatic carbocycles. The van der Waals surface area contributed by atoms with Crippen LogP contribution < -0.4 is 10.6 Å². The van der Waals surface area contributed by atoms with Crippen molar-refractivity contribution >= 4 is 29.9 Å². The highest BCUT2D eigenvalue weighted by Gasteiger charge is 2.06. The third kappa shape index (κ3) is 5.57. The van der Waals surface area contributed by atoms with Gasteiger partial charge in [0.15, 0.2) is 5.96 Å². The molecule has 0 saturated carbocycles. The van der Waals surface area contributed by atoms with Gasteiger partial charge in [-0.3, -0.25) is 4.99 Å². The zero-order valence-electron chi connectivity index (χ0n) is 14.3. The molecule has 0 aliphatic carbocycles. The zero-order chi connectivity index (χ0) is 15.9. The SMILES string of the molecule is CCc1ccccc1CNC(=NC)NCc1cc(C)oc1C.I. The van der Waals surface area contributed by atoms with E-state index in [-0.39, 0.29) is 24.0 Å². The van der Waals surface area contributed by atoms with Crippen molar-refractivity contribution in [3.63, 3.8) is 0 Å². The molecule has 4 nitrogen and oxygen atoms in total. The normalized spacial score (nSPS) is 11.0. The number of nitrogens with zero attached hydrogens (tertiary/aromatic N) is 1. The first-order valence-corrected chi connectivity index (χ1v) is 7.71. The highest BCUT2D eigenvalue weighted by atomic mass is 127. The average molecular weight is 427 g/mol. The molecule has 0 spiro atoms. The first-order valence-electron chi connectivity index (χ1n) is 7.71. The molecule has 5 heteroatoms. The first kappa shape index (κ1) is 19.5. The van der Waals surface area contributed by atoms with Gasteiger partial charge in [0.1, 0.15) is 11.5 Å². The number of rotatable bonds is 5. The van der Waals surface area contributed by atoms with Crippen LogP contribution in [0.1, 0.15) is 35.1 Å². The van der Waals surface area contributed by atoms with Gasteiger partial charge in [0, 0.05) is 25.7 Å². The van der Waals surface area contributed by atoms with Crippen LogP contribution in [0.25, 0.3) is 0 Å². The second-order valence-electron chi connectivity index (χ2n) is 5.34. The largest absolute Gasteiger partial charge is 0.466 e. The Morgan fingerprint density at radius 3 is 2.17 bits per heavy atom. The minimum atomic E-state index is 0. The summed E-state index contributed by atoms with van der Waals surface area (Å²) in [5.74, 6) is 2.69. The summed E-state index contributed by atoms with van der Waals surface area (Å²) in [6.45, 7) is 7.60. The molecule has 0 fully saturated rings. The number of aryl methyl sites for hydroxylation is 3. The van der Waals surface area contributed by atoms with Crippen molar-refractivity contribution < 1.29 is 4.42 Å². The van der Waals surface area contributed by atoms with Crippen LogP contribution in [0.3, 0.4) is 0 Å². The number of hydrogen-bond donors (Lipinski definition) is 2. The molecule has 0 bridgehead atoms. The summed E-state index contributed by atoms with van der Waals surface area (Å²) in [4.78, 5) is 4.27. The molecule has 2 rings (SSSR count). The Hall–Kier alpha value is -1.50. The summed E-state index contributed by atoms with van der Waals surface area (Å²) in [5.41, 5.74) is 3.84. The third-order valence-electron chi connectivity index (χ3n) is 3.76. The van der Waals surface area contributed by atoms with Crippen molar-refractivity contribution in [2.45, 2.75) is 40.3 Å². The van der Waals surface area contributed by atoms with E-state index in [1.54, 1.807) is 7.05 Å². The minimum Gasteiger partial charge on any atom is -0.466 e.